The number of carbonyl (C=O) groups excluding carboxylic acids is 1. The van der Waals surface area contributed by atoms with E-state index in [9.17, 15) is 14.7 Å². The first kappa shape index (κ1) is 18.2. The van der Waals surface area contributed by atoms with Gasteiger partial charge in [0.1, 0.15) is 0 Å². The number of carboxylic acids is 1. The molecule has 2 aromatic carbocycles. The van der Waals surface area contributed by atoms with Gasteiger partial charge in [-0.1, -0.05) is 42.5 Å². The van der Waals surface area contributed by atoms with Crippen LogP contribution in [0.3, 0.4) is 0 Å². The molecule has 0 spiro atoms. The second-order valence-corrected chi connectivity index (χ2v) is 5.35. The van der Waals surface area contributed by atoms with Gasteiger partial charge >= 0.3 is 12.0 Å². The molecule has 0 aliphatic carbocycles. The van der Waals surface area contributed by atoms with Crippen molar-refractivity contribution in [3.8, 4) is 0 Å². The zero-order chi connectivity index (χ0) is 18.1. The average Bonchev–Trinajstić information content (AvgIpc) is 2.61. The summed E-state index contributed by atoms with van der Waals surface area (Å²) in [6.45, 7) is 0.492. The summed E-state index contributed by atoms with van der Waals surface area (Å²) in [7, 11) is 0. The van der Waals surface area contributed by atoms with Gasteiger partial charge in [-0.25, -0.2) is 9.59 Å². The van der Waals surface area contributed by atoms with E-state index >= 15 is 0 Å². The summed E-state index contributed by atoms with van der Waals surface area (Å²) >= 11 is 0. The molecule has 0 atom stereocenters. The lowest BCUT2D eigenvalue weighted by molar-refractivity contribution is -0.131. The van der Waals surface area contributed by atoms with E-state index in [0.717, 1.165) is 17.2 Å². The van der Waals surface area contributed by atoms with Crippen molar-refractivity contribution in [2.45, 2.75) is 6.54 Å². The fourth-order valence-corrected chi connectivity index (χ4v) is 2.22. The zero-order valence-corrected chi connectivity index (χ0v) is 13.6. The largest absolute Gasteiger partial charge is 0.478 e. The SMILES string of the molecule is O=C(O)/C=C/c1ccc(NC(=O)N(CCO)Cc2ccccc2)cc1. The molecule has 6 heteroatoms. The summed E-state index contributed by atoms with van der Waals surface area (Å²) in [5.41, 5.74) is 2.28. The van der Waals surface area contributed by atoms with Gasteiger partial charge in [-0.15, -0.1) is 0 Å². The minimum atomic E-state index is -1.02. The molecule has 2 rings (SSSR count). The number of aliphatic carboxylic acids is 1. The summed E-state index contributed by atoms with van der Waals surface area (Å²) in [4.78, 5) is 24.4. The van der Waals surface area contributed by atoms with Crippen LogP contribution < -0.4 is 5.32 Å². The molecule has 0 bridgehead atoms. The van der Waals surface area contributed by atoms with Crippen molar-refractivity contribution >= 4 is 23.8 Å². The Kier molecular flexibility index (Phi) is 6.74. The highest BCUT2D eigenvalue weighted by molar-refractivity contribution is 5.89. The van der Waals surface area contributed by atoms with Crippen molar-refractivity contribution in [2.24, 2.45) is 0 Å². The van der Waals surface area contributed by atoms with Gasteiger partial charge in [-0.2, -0.15) is 0 Å². The highest BCUT2D eigenvalue weighted by atomic mass is 16.4. The maximum atomic E-state index is 12.4. The summed E-state index contributed by atoms with van der Waals surface area (Å²) < 4.78 is 0. The van der Waals surface area contributed by atoms with Crippen LogP contribution in [0.15, 0.2) is 60.7 Å². The molecule has 0 radical (unpaired) electrons. The Bertz CT molecular complexity index is 727. The molecule has 0 aliphatic rings. The molecule has 0 unspecified atom stereocenters. The summed E-state index contributed by atoms with van der Waals surface area (Å²) in [6, 6.07) is 16.0. The molecular weight excluding hydrogens is 320 g/mol. The lowest BCUT2D eigenvalue weighted by Gasteiger charge is -2.22. The molecule has 0 saturated carbocycles. The minimum absolute atomic E-state index is 0.126. The Labute approximate surface area is 146 Å². The van der Waals surface area contributed by atoms with Gasteiger partial charge in [-0.3, -0.25) is 0 Å². The summed E-state index contributed by atoms with van der Waals surface area (Å²) in [5, 5.41) is 20.6. The number of aliphatic hydroxyl groups is 1. The number of nitrogens with zero attached hydrogens (tertiary/aromatic N) is 1. The topological polar surface area (TPSA) is 89.9 Å². The summed E-state index contributed by atoms with van der Waals surface area (Å²) in [6.07, 6.45) is 2.53. The Morgan fingerprint density at radius 1 is 1.04 bits per heavy atom. The van der Waals surface area contributed by atoms with Crippen LogP contribution in [0.2, 0.25) is 0 Å². The third kappa shape index (κ3) is 6.12. The number of rotatable bonds is 7. The summed E-state index contributed by atoms with van der Waals surface area (Å²) in [5.74, 6) is -1.02. The predicted octanol–water partition coefficient (Wildman–Crippen LogP) is 2.81. The van der Waals surface area contributed by atoms with E-state index in [1.165, 1.54) is 11.0 Å². The third-order valence-electron chi connectivity index (χ3n) is 3.45. The molecule has 0 aliphatic heterocycles. The Morgan fingerprint density at radius 2 is 1.72 bits per heavy atom. The zero-order valence-electron chi connectivity index (χ0n) is 13.6. The number of urea groups is 1. The van der Waals surface area contributed by atoms with Gasteiger partial charge < -0.3 is 20.4 Å². The van der Waals surface area contributed by atoms with Crippen LogP contribution >= 0.6 is 0 Å². The van der Waals surface area contributed by atoms with Gasteiger partial charge in [0.25, 0.3) is 0 Å². The van der Waals surface area contributed by atoms with Crippen molar-refractivity contribution in [3.05, 3.63) is 71.8 Å². The fourth-order valence-electron chi connectivity index (χ4n) is 2.22. The van der Waals surface area contributed by atoms with Crippen molar-refractivity contribution in [2.75, 3.05) is 18.5 Å². The smallest absolute Gasteiger partial charge is 0.328 e. The van der Waals surface area contributed by atoms with Crippen molar-refractivity contribution in [3.63, 3.8) is 0 Å². The quantitative estimate of drug-likeness (QED) is 0.676. The van der Waals surface area contributed by atoms with E-state index in [1.807, 2.05) is 30.3 Å². The highest BCUT2D eigenvalue weighted by Crippen LogP contribution is 2.13. The minimum Gasteiger partial charge on any atom is -0.478 e. The number of carbonyl (C=O) groups is 2. The Morgan fingerprint density at radius 3 is 2.32 bits per heavy atom. The molecule has 0 heterocycles. The maximum absolute atomic E-state index is 12.4. The normalized spacial score (nSPS) is 10.6. The van der Waals surface area contributed by atoms with Crippen molar-refractivity contribution < 1.29 is 19.8 Å². The number of hydrogen-bond donors (Lipinski definition) is 3. The van der Waals surface area contributed by atoms with E-state index in [2.05, 4.69) is 5.32 Å². The number of hydrogen-bond acceptors (Lipinski definition) is 3. The fraction of sp³-hybridized carbons (Fsp3) is 0.158. The lowest BCUT2D eigenvalue weighted by atomic mass is 10.2. The molecule has 2 amide bonds. The van der Waals surface area contributed by atoms with E-state index in [4.69, 9.17) is 5.11 Å². The molecule has 25 heavy (non-hydrogen) atoms. The monoisotopic (exact) mass is 340 g/mol. The third-order valence-corrected chi connectivity index (χ3v) is 3.45. The lowest BCUT2D eigenvalue weighted by Crippen LogP contribution is -2.36. The molecule has 130 valence electrons. The van der Waals surface area contributed by atoms with E-state index in [-0.39, 0.29) is 19.2 Å². The van der Waals surface area contributed by atoms with Crippen LogP contribution in [0, 0.1) is 0 Å². The second kappa shape index (κ2) is 9.24. The highest BCUT2D eigenvalue weighted by Gasteiger charge is 2.13. The molecular formula is C19H20N2O4. The molecule has 0 saturated heterocycles. The predicted molar refractivity (Wildman–Crippen MR) is 96.1 cm³/mol. The van der Waals surface area contributed by atoms with E-state index in [0.29, 0.717) is 12.2 Å². The first-order valence-electron chi connectivity index (χ1n) is 7.80. The van der Waals surface area contributed by atoms with Crippen LogP contribution in [-0.4, -0.2) is 40.3 Å². The van der Waals surface area contributed by atoms with Crippen LogP contribution in [0.4, 0.5) is 10.5 Å². The van der Waals surface area contributed by atoms with Gasteiger partial charge in [0, 0.05) is 24.9 Å². The molecule has 0 aromatic heterocycles. The van der Waals surface area contributed by atoms with Crippen molar-refractivity contribution in [1.82, 2.24) is 4.90 Å². The van der Waals surface area contributed by atoms with Crippen LogP contribution in [0.25, 0.3) is 6.08 Å². The van der Waals surface area contributed by atoms with Gasteiger partial charge in [0.05, 0.1) is 6.61 Å². The van der Waals surface area contributed by atoms with Gasteiger partial charge in [-0.05, 0) is 29.3 Å². The van der Waals surface area contributed by atoms with Gasteiger partial charge in [0.2, 0.25) is 0 Å². The van der Waals surface area contributed by atoms with E-state index in [1.54, 1.807) is 24.3 Å². The number of amides is 2. The van der Waals surface area contributed by atoms with Gasteiger partial charge in [0.15, 0.2) is 0 Å². The van der Waals surface area contributed by atoms with E-state index < -0.39 is 5.97 Å². The number of carboxylic acid groups (broad SMARTS) is 1. The number of nitrogens with one attached hydrogen (secondary N) is 1. The number of anilines is 1. The first-order valence-corrected chi connectivity index (χ1v) is 7.80. The Hall–Kier alpha value is -3.12. The average molecular weight is 340 g/mol. The van der Waals surface area contributed by atoms with Crippen LogP contribution in [0.1, 0.15) is 11.1 Å². The molecule has 2 aromatic rings. The second-order valence-electron chi connectivity index (χ2n) is 5.35. The van der Waals surface area contributed by atoms with Crippen LogP contribution in [-0.2, 0) is 11.3 Å². The van der Waals surface area contributed by atoms with Crippen LogP contribution in [0.5, 0.6) is 0 Å². The Balaban J connectivity index is 2.01. The van der Waals surface area contributed by atoms with Crippen molar-refractivity contribution in [1.29, 1.82) is 0 Å². The molecule has 6 nitrogen and oxygen atoms in total. The standard InChI is InChI=1S/C19H20N2O4/c22-13-12-21(14-16-4-2-1-3-5-16)19(25)20-17-9-6-15(7-10-17)8-11-18(23)24/h1-11,22H,12-14H2,(H,20,25)(H,23,24)/b11-8+. The maximum Gasteiger partial charge on any atom is 0.328 e. The first-order chi connectivity index (χ1) is 12.1. The molecule has 0 fully saturated rings. The molecule has 3 N–H and O–H groups in total. The number of benzene rings is 2. The number of aliphatic hydroxyl groups excluding tert-OH is 1.